The van der Waals surface area contributed by atoms with Crippen molar-refractivity contribution >= 4 is 21.6 Å². The molecule has 2 aromatic rings. The van der Waals surface area contributed by atoms with Crippen molar-refractivity contribution in [1.29, 1.82) is 0 Å². The molecule has 1 nitrogen and oxygen atoms in total. The molecule has 2 aromatic carbocycles. The summed E-state index contributed by atoms with van der Waals surface area (Å²) in [7, 11) is 0. The van der Waals surface area contributed by atoms with Crippen LogP contribution in [0.3, 0.4) is 0 Å². The quantitative estimate of drug-likeness (QED) is 0.853. The van der Waals surface area contributed by atoms with Crippen molar-refractivity contribution < 1.29 is 13.2 Å². The van der Waals surface area contributed by atoms with Gasteiger partial charge in [-0.05, 0) is 36.2 Å². The standard InChI is InChI=1S/C14H11BrF3N/c1-8-2-3-9(4-11(8)16)7-19-14-12(17)5-10(15)6-13(14)18/h2-6,19H,7H2,1H3. The van der Waals surface area contributed by atoms with Crippen LogP contribution in [0.1, 0.15) is 11.1 Å². The van der Waals surface area contributed by atoms with Crippen molar-refractivity contribution in [2.45, 2.75) is 13.5 Å². The zero-order valence-electron chi connectivity index (χ0n) is 10.1. The molecule has 0 spiro atoms. The number of hydrogen-bond acceptors (Lipinski definition) is 1. The Morgan fingerprint density at radius 2 is 1.63 bits per heavy atom. The molecule has 0 atom stereocenters. The Morgan fingerprint density at radius 1 is 1.00 bits per heavy atom. The fourth-order valence-corrected chi connectivity index (χ4v) is 2.05. The predicted molar refractivity (Wildman–Crippen MR) is 72.5 cm³/mol. The van der Waals surface area contributed by atoms with Crippen molar-refractivity contribution in [3.8, 4) is 0 Å². The third-order valence-electron chi connectivity index (χ3n) is 2.71. The Hall–Kier alpha value is -1.49. The molecule has 2 rings (SSSR count). The average Bonchev–Trinajstić information content (AvgIpc) is 2.32. The summed E-state index contributed by atoms with van der Waals surface area (Å²) >= 11 is 3.00. The second-order valence-electron chi connectivity index (χ2n) is 4.18. The van der Waals surface area contributed by atoms with Gasteiger partial charge in [0.25, 0.3) is 0 Å². The predicted octanol–water partition coefficient (Wildman–Crippen LogP) is 4.79. The number of rotatable bonds is 3. The fraction of sp³-hybridized carbons (Fsp3) is 0.143. The van der Waals surface area contributed by atoms with Gasteiger partial charge in [0.1, 0.15) is 23.1 Å². The lowest BCUT2D eigenvalue weighted by Crippen LogP contribution is -2.04. The van der Waals surface area contributed by atoms with E-state index >= 15 is 0 Å². The highest BCUT2D eigenvalue weighted by Crippen LogP contribution is 2.24. The molecule has 0 saturated carbocycles. The summed E-state index contributed by atoms with van der Waals surface area (Å²) in [5, 5.41) is 2.63. The van der Waals surface area contributed by atoms with Gasteiger partial charge in [-0.2, -0.15) is 0 Å². The molecule has 0 aromatic heterocycles. The minimum atomic E-state index is -0.695. The number of nitrogens with one attached hydrogen (secondary N) is 1. The molecule has 1 N–H and O–H groups in total. The second-order valence-corrected chi connectivity index (χ2v) is 5.10. The molecule has 0 unspecified atom stereocenters. The first-order valence-electron chi connectivity index (χ1n) is 5.61. The van der Waals surface area contributed by atoms with E-state index in [4.69, 9.17) is 0 Å². The smallest absolute Gasteiger partial charge is 0.150 e. The van der Waals surface area contributed by atoms with Crippen LogP contribution in [0.25, 0.3) is 0 Å². The molecular formula is C14H11BrF3N. The van der Waals surface area contributed by atoms with E-state index in [1.54, 1.807) is 19.1 Å². The normalized spacial score (nSPS) is 10.6. The summed E-state index contributed by atoms with van der Waals surface area (Å²) in [5.41, 5.74) is 0.929. The first-order chi connectivity index (χ1) is 8.97. The maximum atomic E-state index is 13.6. The van der Waals surface area contributed by atoms with Gasteiger partial charge in [0, 0.05) is 11.0 Å². The van der Waals surface area contributed by atoms with E-state index in [2.05, 4.69) is 21.2 Å². The van der Waals surface area contributed by atoms with Crippen LogP contribution in [-0.4, -0.2) is 0 Å². The molecule has 100 valence electrons. The Bertz CT molecular complexity index is 591. The topological polar surface area (TPSA) is 12.0 Å². The minimum absolute atomic E-state index is 0.146. The van der Waals surface area contributed by atoms with Gasteiger partial charge in [0.15, 0.2) is 0 Å². The van der Waals surface area contributed by atoms with E-state index in [1.807, 2.05) is 0 Å². The molecule has 5 heteroatoms. The van der Waals surface area contributed by atoms with Gasteiger partial charge < -0.3 is 5.32 Å². The zero-order chi connectivity index (χ0) is 14.0. The van der Waals surface area contributed by atoms with Crippen LogP contribution in [0, 0.1) is 24.4 Å². The van der Waals surface area contributed by atoms with Crippen molar-refractivity contribution in [3.05, 3.63) is 63.4 Å². The summed E-state index contributed by atoms with van der Waals surface area (Å²) in [6.07, 6.45) is 0. The Labute approximate surface area is 117 Å². The summed E-state index contributed by atoms with van der Waals surface area (Å²) in [6, 6.07) is 7.01. The van der Waals surface area contributed by atoms with Gasteiger partial charge in [0.05, 0.1) is 0 Å². The average molecular weight is 330 g/mol. The molecule has 0 aliphatic carbocycles. The summed E-state index contributed by atoms with van der Waals surface area (Å²) in [6.45, 7) is 1.80. The minimum Gasteiger partial charge on any atom is -0.376 e. The van der Waals surface area contributed by atoms with Gasteiger partial charge in [-0.25, -0.2) is 13.2 Å². The number of hydrogen-bond donors (Lipinski definition) is 1. The van der Waals surface area contributed by atoms with Crippen LogP contribution in [0.4, 0.5) is 18.9 Å². The molecule has 0 bridgehead atoms. The Morgan fingerprint density at radius 3 is 2.21 bits per heavy atom. The monoisotopic (exact) mass is 329 g/mol. The van der Waals surface area contributed by atoms with Gasteiger partial charge in [0.2, 0.25) is 0 Å². The zero-order valence-corrected chi connectivity index (χ0v) is 11.7. The fourth-order valence-electron chi connectivity index (χ4n) is 1.65. The van der Waals surface area contributed by atoms with Crippen molar-refractivity contribution in [3.63, 3.8) is 0 Å². The van der Waals surface area contributed by atoms with Crippen LogP contribution >= 0.6 is 15.9 Å². The summed E-state index contributed by atoms with van der Waals surface area (Å²) in [4.78, 5) is 0. The molecule has 0 radical (unpaired) electrons. The number of halogens is 4. The number of anilines is 1. The van der Waals surface area contributed by atoms with Crippen LogP contribution in [-0.2, 0) is 6.54 Å². The van der Waals surface area contributed by atoms with Crippen molar-refractivity contribution in [2.75, 3.05) is 5.32 Å². The second kappa shape index (κ2) is 5.65. The summed E-state index contributed by atoms with van der Waals surface area (Å²) in [5.74, 6) is -1.73. The van der Waals surface area contributed by atoms with Crippen LogP contribution < -0.4 is 5.32 Å². The molecular weight excluding hydrogens is 319 g/mol. The lowest BCUT2D eigenvalue weighted by molar-refractivity contribution is 0.586. The van der Waals surface area contributed by atoms with Crippen molar-refractivity contribution in [1.82, 2.24) is 0 Å². The molecule has 0 aliphatic heterocycles. The van der Waals surface area contributed by atoms with E-state index < -0.39 is 11.6 Å². The highest BCUT2D eigenvalue weighted by atomic mass is 79.9. The van der Waals surface area contributed by atoms with Crippen LogP contribution in [0.15, 0.2) is 34.8 Å². The molecule has 0 aliphatic rings. The highest BCUT2D eigenvalue weighted by Gasteiger charge is 2.10. The van der Waals surface area contributed by atoms with Gasteiger partial charge >= 0.3 is 0 Å². The van der Waals surface area contributed by atoms with Crippen LogP contribution in [0.2, 0.25) is 0 Å². The first kappa shape index (κ1) is 13.9. The molecule has 0 fully saturated rings. The Kier molecular flexibility index (Phi) is 4.14. The molecule has 0 heterocycles. The van der Waals surface area contributed by atoms with Gasteiger partial charge in [-0.15, -0.1) is 0 Å². The lowest BCUT2D eigenvalue weighted by Gasteiger charge is -2.10. The van der Waals surface area contributed by atoms with E-state index in [0.717, 1.165) is 0 Å². The van der Waals surface area contributed by atoms with E-state index in [1.165, 1.54) is 18.2 Å². The lowest BCUT2D eigenvalue weighted by atomic mass is 10.1. The third kappa shape index (κ3) is 3.29. The molecule has 0 saturated heterocycles. The number of benzene rings is 2. The van der Waals surface area contributed by atoms with Gasteiger partial charge in [-0.1, -0.05) is 28.1 Å². The first-order valence-corrected chi connectivity index (χ1v) is 6.40. The molecule has 19 heavy (non-hydrogen) atoms. The van der Waals surface area contributed by atoms with E-state index in [0.29, 0.717) is 15.6 Å². The Balaban J connectivity index is 2.16. The van der Waals surface area contributed by atoms with Crippen LogP contribution in [0.5, 0.6) is 0 Å². The van der Waals surface area contributed by atoms with Gasteiger partial charge in [-0.3, -0.25) is 0 Å². The number of aryl methyl sites for hydroxylation is 1. The third-order valence-corrected chi connectivity index (χ3v) is 3.17. The van der Waals surface area contributed by atoms with E-state index in [9.17, 15) is 13.2 Å². The van der Waals surface area contributed by atoms with E-state index in [-0.39, 0.29) is 18.0 Å². The summed E-state index contributed by atoms with van der Waals surface area (Å²) < 4.78 is 40.8. The maximum absolute atomic E-state index is 13.6. The largest absolute Gasteiger partial charge is 0.376 e. The molecule has 0 amide bonds. The van der Waals surface area contributed by atoms with Crippen molar-refractivity contribution in [2.24, 2.45) is 0 Å². The maximum Gasteiger partial charge on any atom is 0.150 e. The SMILES string of the molecule is Cc1ccc(CNc2c(F)cc(Br)cc2F)cc1F. The highest BCUT2D eigenvalue weighted by molar-refractivity contribution is 9.10.